The molecule has 1 amide bonds. The Labute approximate surface area is 209 Å². The van der Waals surface area contributed by atoms with Gasteiger partial charge in [0.15, 0.2) is 0 Å². The van der Waals surface area contributed by atoms with E-state index in [-0.39, 0.29) is 17.0 Å². The van der Waals surface area contributed by atoms with Crippen LogP contribution in [-0.4, -0.2) is 60.7 Å². The van der Waals surface area contributed by atoms with Gasteiger partial charge in [-0.1, -0.05) is 17.7 Å². The van der Waals surface area contributed by atoms with Gasteiger partial charge in [-0.2, -0.15) is 0 Å². The number of aromatic nitrogens is 2. The Bertz CT molecular complexity index is 1200. The third kappa shape index (κ3) is 7.88. The molecular weight excluding hydrogens is 473 g/mol. The smallest absolute Gasteiger partial charge is 0.248 e. The normalized spacial score (nSPS) is 11.5. The van der Waals surface area contributed by atoms with E-state index in [0.29, 0.717) is 53.6 Å². The van der Waals surface area contributed by atoms with Crippen molar-refractivity contribution in [2.45, 2.75) is 20.0 Å². The maximum atomic E-state index is 13.6. The third-order valence-electron chi connectivity index (χ3n) is 4.71. The first-order valence-electron chi connectivity index (χ1n) is 11.1. The van der Waals surface area contributed by atoms with Crippen molar-refractivity contribution in [1.82, 2.24) is 14.9 Å². The van der Waals surface area contributed by atoms with Crippen LogP contribution in [0, 0.1) is 5.82 Å². The standard InChI is InChI=1S/C25H29ClFN5O3/c1-16(2)34-10-11-35-23-14-21-18(13-22(23)31-24(33)6-5-9-32(3)4)25(29-15-28-21)30-17-7-8-20(27)19(26)12-17/h5-8,12-16H,9-11H2,1-4H3,(H,31,33)(H,28,29,30)/b6-5+. The molecule has 35 heavy (non-hydrogen) atoms. The largest absolute Gasteiger partial charge is 0.489 e. The molecule has 0 saturated heterocycles. The number of rotatable bonds is 11. The van der Waals surface area contributed by atoms with Crippen molar-refractivity contribution in [3.63, 3.8) is 0 Å². The Morgan fingerprint density at radius 1 is 1.20 bits per heavy atom. The van der Waals surface area contributed by atoms with Crippen molar-refractivity contribution in [1.29, 1.82) is 0 Å². The predicted octanol–water partition coefficient (Wildman–Crippen LogP) is 5.03. The number of amides is 1. The molecule has 0 spiro atoms. The minimum Gasteiger partial charge on any atom is -0.489 e. The molecule has 0 radical (unpaired) electrons. The van der Waals surface area contributed by atoms with Gasteiger partial charge in [0.25, 0.3) is 0 Å². The molecular formula is C25H29ClFN5O3. The number of ether oxygens (including phenoxy) is 2. The van der Waals surface area contributed by atoms with Crippen LogP contribution in [0.3, 0.4) is 0 Å². The predicted molar refractivity (Wildman–Crippen MR) is 137 cm³/mol. The molecule has 1 heterocycles. The average Bonchev–Trinajstić information content (AvgIpc) is 2.79. The zero-order valence-corrected chi connectivity index (χ0v) is 20.9. The van der Waals surface area contributed by atoms with E-state index >= 15 is 0 Å². The second-order valence-corrected chi connectivity index (χ2v) is 8.67. The minimum absolute atomic E-state index is 0.00914. The molecule has 2 N–H and O–H groups in total. The van der Waals surface area contributed by atoms with Crippen LogP contribution in [0.4, 0.5) is 21.6 Å². The fourth-order valence-corrected chi connectivity index (χ4v) is 3.27. The molecule has 0 aliphatic rings. The number of nitrogens with one attached hydrogen (secondary N) is 2. The first kappa shape index (κ1) is 26.3. The molecule has 0 saturated carbocycles. The fraction of sp³-hybridized carbons (Fsp3) is 0.320. The van der Waals surface area contributed by atoms with Crippen molar-refractivity contribution < 1.29 is 18.7 Å². The number of likely N-dealkylation sites (N-methyl/N-ethyl adjacent to an activating group) is 1. The van der Waals surface area contributed by atoms with E-state index in [1.165, 1.54) is 24.5 Å². The molecule has 1 aromatic heterocycles. The topological polar surface area (TPSA) is 88.6 Å². The van der Waals surface area contributed by atoms with Gasteiger partial charge in [0.1, 0.15) is 30.3 Å². The van der Waals surface area contributed by atoms with Crippen LogP contribution in [0.1, 0.15) is 13.8 Å². The van der Waals surface area contributed by atoms with Crippen LogP contribution >= 0.6 is 11.6 Å². The van der Waals surface area contributed by atoms with Crippen LogP contribution in [0.5, 0.6) is 5.75 Å². The monoisotopic (exact) mass is 501 g/mol. The molecule has 186 valence electrons. The van der Waals surface area contributed by atoms with Crippen molar-refractivity contribution in [2.24, 2.45) is 0 Å². The van der Waals surface area contributed by atoms with Crippen LogP contribution in [0.2, 0.25) is 5.02 Å². The number of halogens is 2. The number of nitrogens with zero attached hydrogens (tertiary/aromatic N) is 3. The molecule has 0 unspecified atom stereocenters. The highest BCUT2D eigenvalue weighted by molar-refractivity contribution is 6.31. The number of benzene rings is 2. The van der Waals surface area contributed by atoms with E-state index in [4.69, 9.17) is 21.1 Å². The summed E-state index contributed by atoms with van der Waals surface area (Å²) >= 11 is 5.91. The fourth-order valence-electron chi connectivity index (χ4n) is 3.09. The summed E-state index contributed by atoms with van der Waals surface area (Å²) in [4.78, 5) is 23.2. The minimum atomic E-state index is -0.514. The lowest BCUT2D eigenvalue weighted by molar-refractivity contribution is -0.111. The molecule has 0 atom stereocenters. The van der Waals surface area contributed by atoms with Gasteiger partial charge in [-0.25, -0.2) is 14.4 Å². The lowest BCUT2D eigenvalue weighted by Crippen LogP contribution is -2.15. The van der Waals surface area contributed by atoms with E-state index in [1.807, 2.05) is 32.8 Å². The summed E-state index contributed by atoms with van der Waals surface area (Å²) in [5, 5.41) is 6.62. The van der Waals surface area contributed by atoms with Gasteiger partial charge in [-0.05, 0) is 52.2 Å². The summed E-state index contributed by atoms with van der Waals surface area (Å²) in [7, 11) is 3.83. The Balaban J connectivity index is 1.93. The van der Waals surface area contributed by atoms with Gasteiger partial charge in [-0.15, -0.1) is 0 Å². The molecule has 2 aromatic carbocycles. The third-order valence-corrected chi connectivity index (χ3v) is 5.00. The highest BCUT2D eigenvalue weighted by atomic mass is 35.5. The highest BCUT2D eigenvalue weighted by Crippen LogP contribution is 2.34. The number of carbonyl (C=O) groups is 1. The number of hydrogen-bond donors (Lipinski definition) is 2. The van der Waals surface area contributed by atoms with Gasteiger partial charge < -0.3 is 25.0 Å². The molecule has 10 heteroatoms. The van der Waals surface area contributed by atoms with Gasteiger partial charge >= 0.3 is 0 Å². The van der Waals surface area contributed by atoms with Gasteiger partial charge in [0.2, 0.25) is 5.91 Å². The Morgan fingerprint density at radius 2 is 2.00 bits per heavy atom. The van der Waals surface area contributed by atoms with Crippen molar-refractivity contribution in [3.05, 3.63) is 59.7 Å². The molecule has 3 rings (SSSR count). The summed E-state index contributed by atoms with van der Waals surface area (Å²) in [5.41, 5.74) is 1.60. The zero-order chi connectivity index (χ0) is 25.4. The van der Waals surface area contributed by atoms with Crippen molar-refractivity contribution in [2.75, 3.05) is 44.5 Å². The quantitative estimate of drug-likeness (QED) is 0.281. The Kier molecular flexibility index (Phi) is 9.36. The number of carbonyl (C=O) groups excluding carboxylic acids is 1. The SMILES string of the molecule is CC(C)OCCOc1cc2ncnc(Nc3ccc(F)c(Cl)c3)c2cc1NC(=O)/C=C/CN(C)C. The highest BCUT2D eigenvalue weighted by Gasteiger charge is 2.14. The summed E-state index contributed by atoms with van der Waals surface area (Å²) < 4.78 is 25.0. The second-order valence-electron chi connectivity index (χ2n) is 8.26. The van der Waals surface area contributed by atoms with Crippen LogP contribution in [0.15, 0.2) is 48.8 Å². The van der Waals surface area contributed by atoms with Crippen LogP contribution < -0.4 is 15.4 Å². The molecule has 0 fully saturated rings. The molecule has 8 nitrogen and oxygen atoms in total. The van der Waals surface area contributed by atoms with Crippen LogP contribution in [0.25, 0.3) is 10.9 Å². The van der Waals surface area contributed by atoms with E-state index < -0.39 is 5.82 Å². The van der Waals surface area contributed by atoms with E-state index in [0.717, 1.165) is 0 Å². The first-order chi connectivity index (χ1) is 16.7. The van der Waals surface area contributed by atoms with Crippen molar-refractivity contribution in [3.8, 4) is 5.75 Å². The lowest BCUT2D eigenvalue weighted by atomic mass is 10.1. The zero-order valence-electron chi connectivity index (χ0n) is 20.1. The summed E-state index contributed by atoms with van der Waals surface area (Å²) in [6.45, 7) is 5.22. The maximum absolute atomic E-state index is 13.6. The van der Waals surface area contributed by atoms with Gasteiger partial charge in [0.05, 0.1) is 28.9 Å². The van der Waals surface area contributed by atoms with E-state index in [1.54, 1.807) is 24.3 Å². The number of anilines is 3. The van der Waals surface area contributed by atoms with Crippen molar-refractivity contribution >= 4 is 45.6 Å². The molecule has 3 aromatic rings. The van der Waals surface area contributed by atoms with E-state index in [9.17, 15) is 9.18 Å². The summed E-state index contributed by atoms with van der Waals surface area (Å²) in [6, 6.07) is 7.76. The average molecular weight is 502 g/mol. The van der Waals surface area contributed by atoms with Gasteiger partial charge in [-0.3, -0.25) is 4.79 Å². The van der Waals surface area contributed by atoms with Crippen LogP contribution in [-0.2, 0) is 9.53 Å². The second kappa shape index (κ2) is 12.4. The summed E-state index contributed by atoms with van der Waals surface area (Å²) in [5.74, 6) is 0.103. The number of hydrogen-bond acceptors (Lipinski definition) is 7. The number of fused-ring (bicyclic) bond motifs is 1. The van der Waals surface area contributed by atoms with Gasteiger partial charge in [0, 0.05) is 29.8 Å². The van der Waals surface area contributed by atoms with E-state index in [2.05, 4.69) is 20.6 Å². The first-order valence-corrected chi connectivity index (χ1v) is 11.5. The molecule has 0 bridgehead atoms. The maximum Gasteiger partial charge on any atom is 0.248 e. The Hall–Kier alpha value is -3.27. The summed E-state index contributed by atoms with van der Waals surface area (Å²) in [6.07, 6.45) is 4.72. The molecule has 0 aliphatic carbocycles. The Morgan fingerprint density at radius 3 is 2.71 bits per heavy atom. The molecule has 0 aliphatic heterocycles. The lowest BCUT2D eigenvalue weighted by Gasteiger charge is -2.15.